The summed E-state index contributed by atoms with van der Waals surface area (Å²) in [6, 6.07) is 0. The first-order valence-electron chi connectivity index (χ1n) is 21.4. The molecule has 0 aromatic rings. The van der Waals surface area contributed by atoms with Crippen molar-refractivity contribution in [3.63, 3.8) is 0 Å². The monoisotopic (exact) mass is 770 g/mol. The van der Waals surface area contributed by atoms with Crippen LogP contribution in [0.3, 0.4) is 0 Å². The van der Waals surface area contributed by atoms with E-state index in [0.29, 0.717) is 48.3 Å². The molecule has 308 valence electrons. The number of cyclic esters (lactones) is 1. The zero-order valence-electron chi connectivity index (χ0n) is 34.6. The second-order valence-electron chi connectivity index (χ2n) is 21.2. The zero-order chi connectivity index (χ0) is 40.0. The van der Waals surface area contributed by atoms with Crippen molar-refractivity contribution in [3.8, 4) is 0 Å². The lowest BCUT2D eigenvalue weighted by Crippen LogP contribution is -2.61. The van der Waals surface area contributed by atoms with Gasteiger partial charge in [0.2, 0.25) is 11.7 Å². The molecular formula is C44H66O11. The third-order valence-corrected chi connectivity index (χ3v) is 15.5. The number of carbonyl (C=O) groups excluding carboxylic acids is 5. The van der Waals surface area contributed by atoms with E-state index < -0.39 is 68.6 Å². The van der Waals surface area contributed by atoms with Gasteiger partial charge in [0.05, 0.1) is 28.5 Å². The Labute approximate surface area is 327 Å². The first-order valence-corrected chi connectivity index (χ1v) is 21.4. The SMILES string of the molecule is CCC(C)(CC(C)(CC(C)(C)C(=O)OC12CC3CC(CC(O)(C3)C1)C2)C(=O)OC(C)(C)C(=O)OC1CCOC1=O)C(=O)OC1(CC)C2CC3CC(C2)CC1C3. The third kappa shape index (κ3) is 7.35. The standard InChI is InChI=1S/C44H66O11/c1-9-40(7,36(48)55-44(10-2)30-15-26-13-27(17-30)18-31(44)16-26)24-41(8,37(49)53-39(5,6)35(47)52-32-11-12-51-33(32)45)23-38(3,4)34(46)54-43-21-28-14-29(22-43)20-42(50,19-28)25-43/h26-32,50H,9-25H2,1-8H3. The van der Waals surface area contributed by atoms with Crippen molar-refractivity contribution in [2.45, 2.75) is 187 Å². The molecule has 9 rings (SSSR count). The minimum absolute atomic E-state index is 0.000372. The van der Waals surface area contributed by atoms with Crippen LogP contribution in [0.4, 0.5) is 0 Å². The second kappa shape index (κ2) is 13.7. The van der Waals surface area contributed by atoms with Crippen LogP contribution in [0.1, 0.15) is 158 Å². The lowest BCUT2D eigenvalue weighted by molar-refractivity contribution is -0.227. The van der Waals surface area contributed by atoms with Gasteiger partial charge in [-0.2, -0.15) is 0 Å². The number of aliphatic hydroxyl groups is 1. The van der Waals surface area contributed by atoms with Crippen LogP contribution < -0.4 is 0 Å². The van der Waals surface area contributed by atoms with Crippen molar-refractivity contribution in [1.29, 1.82) is 0 Å². The summed E-state index contributed by atoms with van der Waals surface area (Å²) in [6.45, 7) is 14.1. The maximum Gasteiger partial charge on any atom is 0.350 e. The predicted octanol–water partition coefficient (Wildman–Crippen LogP) is 7.17. The fourth-order valence-electron chi connectivity index (χ4n) is 13.4. The molecule has 55 heavy (non-hydrogen) atoms. The van der Waals surface area contributed by atoms with Gasteiger partial charge in [-0.15, -0.1) is 0 Å². The number of carbonyl (C=O) groups is 5. The summed E-state index contributed by atoms with van der Waals surface area (Å²) in [5, 5.41) is 11.4. The molecule has 8 aliphatic carbocycles. The summed E-state index contributed by atoms with van der Waals surface area (Å²) >= 11 is 0. The van der Waals surface area contributed by atoms with Gasteiger partial charge in [0.15, 0.2) is 0 Å². The Morgan fingerprint density at radius 1 is 0.727 bits per heavy atom. The van der Waals surface area contributed by atoms with E-state index in [2.05, 4.69) is 6.92 Å². The number of hydrogen-bond acceptors (Lipinski definition) is 11. The van der Waals surface area contributed by atoms with Gasteiger partial charge in [0, 0.05) is 12.8 Å². The minimum atomic E-state index is -1.80. The first-order chi connectivity index (χ1) is 25.6. The van der Waals surface area contributed by atoms with Gasteiger partial charge in [-0.25, -0.2) is 9.59 Å². The molecule has 5 unspecified atom stereocenters. The Balaban J connectivity index is 1.14. The molecule has 9 aliphatic rings. The van der Waals surface area contributed by atoms with Crippen molar-refractivity contribution in [1.82, 2.24) is 0 Å². The third-order valence-electron chi connectivity index (χ3n) is 15.5. The summed E-state index contributed by atoms with van der Waals surface area (Å²) in [7, 11) is 0. The maximum atomic E-state index is 14.7. The van der Waals surface area contributed by atoms with E-state index >= 15 is 0 Å². The molecule has 0 spiro atoms. The summed E-state index contributed by atoms with van der Waals surface area (Å²) in [5.74, 6) is -0.420. The first kappa shape index (κ1) is 40.5. The Morgan fingerprint density at radius 3 is 1.82 bits per heavy atom. The van der Waals surface area contributed by atoms with Crippen molar-refractivity contribution in [2.24, 2.45) is 51.8 Å². The van der Waals surface area contributed by atoms with Crippen LogP contribution in [0.25, 0.3) is 0 Å². The normalized spacial score (nSPS) is 39.5. The highest BCUT2D eigenvalue weighted by molar-refractivity contribution is 5.88. The van der Waals surface area contributed by atoms with Crippen LogP contribution in [0.5, 0.6) is 0 Å². The molecule has 0 aromatic carbocycles. The van der Waals surface area contributed by atoms with Gasteiger partial charge in [-0.3, -0.25) is 14.4 Å². The Kier molecular flexibility index (Phi) is 10.1. The van der Waals surface area contributed by atoms with E-state index in [1.165, 1.54) is 20.3 Å². The highest BCUT2D eigenvalue weighted by Crippen LogP contribution is 2.62. The van der Waals surface area contributed by atoms with Crippen molar-refractivity contribution in [2.75, 3.05) is 6.61 Å². The van der Waals surface area contributed by atoms with Gasteiger partial charge >= 0.3 is 29.8 Å². The number of ether oxygens (including phenoxy) is 5. The molecule has 0 aromatic heterocycles. The average Bonchev–Trinajstić information content (AvgIpc) is 3.47. The van der Waals surface area contributed by atoms with Crippen LogP contribution in [0.2, 0.25) is 0 Å². The van der Waals surface area contributed by atoms with Crippen molar-refractivity contribution in [3.05, 3.63) is 0 Å². The number of hydrogen-bond donors (Lipinski definition) is 1. The molecule has 1 N–H and O–H groups in total. The van der Waals surface area contributed by atoms with E-state index in [1.54, 1.807) is 20.8 Å². The predicted molar refractivity (Wildman–Crippen MR) is 200 cm³/mol. The van der Waals surface area contributed by atoms with E-state index in [-0.39, 0.29) is 31.8 Å². The Hall–Kier alpha value is -2.69. The lowest BCUT2D eigenvalue weighted by Gasteiger charge is -2.60. The summed E-state index contributed by atoms with van der Waals surface area (Å²) < 4.78 is 29.7. The summed E-state index contributed by atoms with van der Waals surface area (Å²) in [5.41, 5.74) is -7.72. The molecule has 1 saturated heterocycles. The molecule has 8 bridgehead atoms. The van der Waals surface area contributed by atoms with Gasteiger partial charge in [-0.05, 0) is 167 Å². The highest BCUT2D eigenvalue weighted by Gasteiger charge is 2.62. The summed E-state index contributed by atoms with van der Waals surface area (Å²) in [4.78, 5) is 69.3. The maximum absolute atomic E-state index is 14.7. The quantitative estimate of drug-likeness (QED) is 0.141. The van der Waals surface area contributed by atoms with Gasteiger partial charge in [-0.1, -0.05) is 13.8 Å². The molecular weight excluding hydrogens is 704 g/mol. The van der Waals surface area contributed by atoms with Gasteiger partial charge in [0.1, 0.15) is 11.2 Å². The van der Waals surface area contributed by atoms with Crippen LogP contribution >= 0.6 is 0 Å². The molecule has 0 radical (unpaired) electrons. The number of rotatable bonds is 14. The fraction of sp³-hybridized carbons (Fsp3) is 0.886. The minimum Gasteiger partial charge on any atom is -0.463 e. The number of esters is 5. The zero-order valence-corrected chi connectivity index (χ0v) is 34.6. The Morgan fingerprint density at radius 2 is 1.31 bits per heavy atom. The molecule has 5 atom stereocenters. The van der Waals surface area contributed by atoms with Crippen LogP contribution in [-0.2, 0) is 47.7 Å². The van der Waals surface area contributed by atoms with Crippen LogP contribution in [0.15, 0.2) is 0 Å². The summed E-state index contributed by atoms with van der Waals surface area (Å²) in [6.07, 6.45) is 10.2. The molecule has 1 aliphatic heterocycles. The fourth-order valence-corrected chi connectivity index (χ4v) is 13.4. The Bertz CT molecular complexity index is 1540. The molecule has 11 heteroatoms. The van der Waals surface area contributed by atoms with Crippen molar-refractivity contribution < 1.29 is 52.8 Å². The smallest absolute Gasteiger partial charge is 0.350 e. The largest absolute Gasteiger partial charge is 0.463 e. The molecule has 1 heterocycles. The van der Waals surface area contributed by atoms with E-state index in [1.807, 2.05) is 13.8 Å². The lowest BCUT2D eigenvalue weighted by atomic mass is 9.49. The van der Waals surface area contributed by atoms with E-state index in [9.17, 15) is 29.1 Å². The average molecular weight is 771 g/mol. The highest BCUT2D eigenvalue weighted by atomic mass is 16.6. The molecule has 11 nitrogen and oxygen atoms in total. The topological polar surface area (TPSA) is 152 Å². The second-order valence-corrected chi connectivity index (χ2v) is 21.2. The van der Waals surface area contributed by atoms with Crippen molar-refractivity contribution >= 4 is 29.8 Å². The van der Waals surface area contributed by atoms with Gasteiger partial charge in [0.25, 0.3) is 0 Å². The molecule has 0 amide bonds. The van der Waals surface area contributed by atoms with Crippen LogP contribution in [0, 0.1) is 51.8 Å². The van der Waals surface area contributed by atoms with E-state index in [0.717, 1.165) is 64.2 Å². The van der Waals surface area contributed by atoms with E-state index in [4.69, 9.17) is 23.7 Å². The van der Waals surface area contributed by atoms with Gasteiger partial charge < -0.3 is 28.8 Å². The molecule has 8 saturated carbocycles. The molecule has 9 fully saturated rings. The van der Waals surface area contributed by atoms with Crippen LogP contribution in [-0.4, -0.2) is 70.1 Å².